The van der Waals surface area contributed by atoms with E-state index in [-0.39, 0.29) is 46.6 Å². The number of nitrogens with one attached hydrogen (secondary N) is 1. The Morgan fingerprint density at radius 2 is 0.987 bits per heavy atom. The van der Waals surface area contributed by atoms with Crippen LogP contribution >= 0.6 is 45.9 Å². The Bertz CT molecular complexity index is 3020. The Hall–Kier alpha value is -5.84. The summed E-state index contributed by atoms with van der Waals surface area (Å²) in [5.41, 5.74) is 13.6. The molecular formula is C60H74Cl2N6O7S2. The van der Waals surface area contributed by atoms with E-state index in [9.17, 15) is 19.2 Å². The number of piperidine rings is 2. The van der Waals surface area contributed by atoms with E-state index in [1.807, 2.05) is 83.6 Å². The summed E-state index contributed by atoms with van der Waals surface area (Å²) in [6, 6.07) is 23.0. The first kappa shape index (κ1) is 60.4. The minimum Gasteiger partial charge on any atom is -0.478 e. The van der Waals surface area contributed by atoms with Crippen LogP contribution in [-0.2, 0) is 20.3 Å². The van der Waals surface area contributed by atoms with Gasteiger partial charge in [-0.3, -0.25) is 14.8 Å². The van der Waals surface area contributed by atoms with Crippen molar-refractivity contribution in [1.82, 2.24) is 25.1 Å². The topological polar surface area (TPSA) is 177 Å². The normalized spacial score (nSPS) is 14.6. The summed E-state index contributed by atoms with van der Waals surface area (Å²) < 4.78 is 10.7. The summed E-state index contributed by atoms with van der Waals surface area (Å²) in [5.74, 6) is -1.14. The quantitative estimate of drug-likeness (QED) is 0.139. The number of aromatic nitrogens is 2. The highest BCUT2D eigenvalue weighted by Gasteiger charge is 2.29. The lowest BCUT2D eigenvalue weighted by atomic mass is 9.90. The number of nitrogens with zero attached hydrogens (tertiary/aromatic N) is 4. The number of ether oxygens (including phenoxy) is 2. The van der Waals surface area contributed by atoms with Crippen molar-refractivity contribution in [3.8, 4) is 43.1 Å². The number of hydrogen-bond donors (Lipinski definition) is 3. The fourth-order valence-electron chi connectivity index (χ4n) is 8.23. The van der Waals surface area contributed by atoms with E-state index < -0.39 is 17.2 Å². The molecule has 0 saturated carbocycles. The molecule has 77 heavy (non-hydrogen) atoms. The molecule has 8 rings (SSSR count). The number of thiophene rings is 2. The van der Waals surface area contributed by atoms with Crippen molar-refractivity contribution in [3.63, 3.8) is 0 Å². The molecule has 0 bridgehead atoms. The molecular weight excluding hydrogens is 1050 g/mol. The number of carboxylic acid groups (broad SMARTS) is 1. The lowest BCUT2D eigenvalue weighted by Gasteiger charge is -2.33. The van der Waals surface area contributed by atoms with Crippen LogP contribution in [0.25, 0.3) is 43.1 Å². The number of carboxylic acids is 1. The molecule has 412 valence electrons. The van der Waals surface area contributed by atoms with Gasteiger partial charge < -0.3 is 35.4 Å². The number of carbonyl (C=O) groups excluding carboxylic acids is 3. The Balaban J connectivity index is 0.000000210. The van der Waals surface area contributed by atoms with Crippen LogP contribution in [0, 0.1) is 0 Å². The van der Waals surface area contributed by atoms with Crippen LogP contribution in [0.4, 0.5) is 9.59 Å². The van der Waals surface area contributed by atoms with E-state index >= 15 is 0 Å². The van der Waals surface area contributed by atoms with Crippen LogP contribution in [-0.4, -0.2) is 98.4 Å². The van der Waals surface area contributed by atoms with Crippen LogP contribution < -0.4 is 11.1 Å². The predicted molar refractivity (Wildman–Crippen MR) is 314 cm³/mol. The number of likely N-dealkylation sites (tertiary alicyclic amines) is 2. The molecule has 6 aromatic rings. The summed E-state index contributed by atoms with van der Waals surface area (Å²) in [5, 5.41) is 17.2. The molecule has 2 saturated heterocycles. The third kappa shape index (κ3) is 17.6. The monoisotopic (exact) mass is 1120 g/mol. The molecule has 2 aromatic carbocycles. The summed E-state index contributed by atoms with van der Waals surface area (Å²) in [6.07, 6.45) is 6.28. The first-order chi connectivity index (χ1) is 35.9. The molecule has 2 fully saturated rings. The molecule has 6 heterocycles. The van der Waals surface area contributed by atoms with E-state index in [1.54, 1.807) is 50.7 Å². The molecule has 2 aliphatic rings. The highest BCUT2D eigenvalue weighted by atomic mass is 35.5. The molecule has 0 spiro atoms. The lowest BCUT2D eigenvalue weighted by molar-refractivity contribution is 0.0191. The fraction of sp³-hybridized carbons (Fsp3) is 0.433. The van der Waals surface area contributed by atoms with Gasteiger partial charge in [0.15, 0.2) is 0 Å². The van der Waals surface area contributed by atoms with Gasteiger partial charge in [0.1, 0.15) is 11.2 Å². The maximum Gasteiger partial charge on any atom is 0.410 e. The second-order valence-corrected chi connectivity index (χ2v) is 26.1. The van der Waals surface area contributed by atoms with Gasteiger partial charge in [0.2, 0.25) is 0 Å². The number of nitrogens with two attached hydrogens (primary N) is 1. The van der Waals surface area contributed by atoms with Crippen LogP contribution in [0.2, 0.25) is 10.0 Å². The van der Waals surface area contributed by atoms with Gasteiger partial charge >= 0.3 is 18.2 Å². The first-order valence-electron chi connectivity index (χ1n) is 25.9. The number of hydrogen-bond acceptors (Lipinski definition) is 11. The second kappa shape index (κ2) is 25.3. The van der Waals surface area contributed by atoms with Crippen molar-refractivity contribution in [2.45, 2.75) is 143 Å². The number of benzene rings is 2. The molecule has 0 aliphatic carbocycles. The van der Waals surface area contributed by atoms with Gasteiger partial charge in [0.05, 0.1) is 5.56 Å². The van der Waals surface area contributed by atoms with Crippen LogP contribution in [0.5, 0.6) is 0 Å². The van der Waals surface area contributed by atoms with Crippen molar-refractivity contribution < 1.29 is 33.8 Å². The lowest BCUT2D eigenvalue weighted by Crippen LogP contribution is -2.47. The van der Waals surface area contributed by atoms with Gasteiger partial charge in [0.25, 0.3) is 5.91 Å². The zero-order valence-corrected chi connectivity index (χ0v) is 49.5. The van der Waals surface area contributed by atoms with Crippen LogP contribution in [0.3, 0.4) is 0 Å². The summed E-state index contributed by atoms with van der Waals surface area (Å²) >= 11 is 16.2. The van der Waals surface area contributed by atoms with Crippen molar-refractivity contribution >= 4 is 69.9 Å². The first-order valence-corrected chi connectivity index (χ1v) is 28.4. The molecule has 3 amide bonds. The van der Waals surface area contributed by atoms with Gasteiger partial charge in [-0.25, -0.2) is 14.4 Å². The van der Waals surface area contributed by atoms with Crippen molar-refractivity contribution in [3.05, 3.63) is 129 Å². The molecule has 2 aliphatic heterocycles. The Labute approximate surface area is 472 Å². The molecule has 13 nitrogen and oxygen atoms in total. The number of halogens is 2. The molecule has 4 aromatic heterocycles. The fourth-order valence-corrected chi connectivity index (χ4v) is 10.6. The molecule has 4 N–H and O–H groups in total. The van der Waals surface area contributed by atoms with E-state index in [0.29, 0.717) is 41.5 Å². The van der Waals surface area contributed by atoms with Gasteiger partial charge in [-0.05, 0) is 161 Å². The van der Waals surface area contributed by atoms with E-state index in [4.69, 9.17) is 43.5 Å². The van der Waals surface area contributed by atoms with E-state index in [0.717, 1.165) is 80.5 Å². The molecule has 17 heteroatoms. The maximum absolute atomic E-state index is 12.9. The highest BCUT2D eigenvalue weighted by Crippen LogP contribution is 2.39. The van der Waals surface area contributed by atoms with Crippen LogP contribution in [0.15, 0.2) is 96.0 Å². The smallest absolute Gasteiger partial charge is 0.410 e. The average molecular weight is 1130 g/mol. The molecule has 0 radical (unpaired) electrons. The Morgan fingerprint density at radius 1 is 0.584 bits per heavy atom. The second-order valence-electron chi connectivity index (χ2n) is 23.5. The van der Waals surface area contributed by atoms with Gasteiger partial charge in [-0.2, -0.15) is 0 Å². The third-order valence-corrected chi connectivity index (χ3v) is 15.2. The standard InChI is InChI=1S/C30H36ClN3O3S.C20H18ClNO2S.C10H20N2O2/c1-29(2,3)26-17-19(9-12-32-26)25-16-21(18-38-25)23-8-7-20(15-24(23)31)27(35)33-22-10-13-34(14-11-22)28(36)37-30(4,5)6;1-20(2,3)18-10-12(6-7-22-18)17-9-14(11-25-17)15-5-4-13(19(23)24)8-16(15)21;1-10(2,3)14-9(13)12-6-4-8(11)5-7-12/h7-9,12,15-18,22H,10-11,13-14H2,1-6H3,(H,33,35);4-11H,1-3H3,(H,23,24);8H,4-7,11H2,1-3H3. The number of amides is 3. The van der Waals surface area contributed by atoms with E-state index in [1.165, 1.54) is 6.07 Å². The summed E-state index contributed by atoms with van der Waals surface area (Å²) in [6.45, 7) is 26.6. The van der Waals surface area contributed by atoms with Crippen molar-refractivity contribution in [1.29, 1.82) is 0 Å². The summed E-state index contributed by atoms with van der Waals surface area (Å²) in [4.78, 5) is 62.5. The minimum absolute atomic E-state index is 0.00239. The average Bonchev–Trinajstić information content (AvgIpc) is 4.06. The summed E-state index contributed by atoms with van der Waals surface area (Å²) in [7, 11) is 0. The number of carbonyl (C=O) groups is 4. The third-order valence-electron chi connectivity index (χ3n) is 12.6. The zero-order valence-electron chi connectivity index (χ0n) is 46.4. The zero-order chi connectivity index (χ0) is 56.6. The Kier molecular flexibility index (Phi) is 19.8. The SMILES string of the molecule is CC(C)(C)OC(=O)N1CCC(N)CC1.CC(C)(C)OC(=O)N1CCC(NC(=O)c2ccc(-c3csc(-c4ccnc(C(C)(C)C)c4)c3)c(Cl)c2)CC1.CC(C)(C)c1cc(-c2cc(-c3ccc(C(=O)O)cc3Cl)cs2)ccn1. The number of pyridine rings is 2. The number of aromatic carboxylic acids is 1. The van der Waals surface area contributed by atoms with Crippen LogP contribution in [0.1, 0.15) is 141 Å². The van der Waals surface area contributed by atoms with Gasteiger partial charge in [-0.15, -0.1) is 22.7 Å². The van der Waals surface area contributed by atoms with Gasteiger partial charge in [0, 0.05) is 109 Å². The largest absolute Gasteiger partial charge is 0.478 e. The van der Waals surface area contributed by atoms with E-state index in [2.05, 4.69) is 86.5 Å². The highest BCUT2D eigenvalue weighted by molar-refractivity contribution is 7.14. The Morgan fingerprint density at radius 3 is 1.38 bits per heavy atom. The predicted octanol–water partition coefficient (Wildman–Crippen LogP) is 15.0. The minimum atomic E-state index is -0.981. The maximum atomic E-state index is 12.9. The molecule has 0 unspecified atom stereocenters. The number of rotatable bonds is 7. The van der Waals surface area contributed by atoms with Gasteiger partial charge in [-0.1, -0.05) is 76.9 Å². The van der Waals surface area contributed by atoms with Crippen molar-refractivity contribution in [2.75, 3.05) is 26.2 Å². The molecule has 0 atom stereocenters. The van der Waals surface area contributed by atoms with Crippen molar-refractivity contribution in [2.24, 2.45) is 5.73 Å².